The smallest absolute Gasteiger partial charge is 0.387 e. The molecule has 23 heavy (non-hydrogen) atoms. The van der Waals surface area contributed by atoms with Gasteiger partial charge in [-0.25, -0.2) is 0 Å². The van der Waals surface area contributed by atoms with Crippen molar-refractivity contribution < 1.29 is 23.7 Å². The number of halogens is 2. The van der Waals surface area contributed by atoms with Gasteiger partial charge in [-0.05, 0) is 36.8 Å². The lowest BCUT2D eigenvalue weighted by atomic mass is 10.1. The molecular formula is C16H18F2N2O3. The highest BCUT2D eigenvalue weighted by atomic mass is 19.3. The minimum Gasteiger partial charge on any atom is -0.506 e. The second-order valence-electron chi connectivity index (χ2n) is 5.02. The van der Waals surface area contributed by atoms with E-state index in [1.807, 2.05) is 6.92 Å². The van der Waals surface area contributed by atoms with Crippen molar-refractivity contribution in [2.45, 2.75) is 26.2 Å². The maximum atomic E-state index is 12.2. The third-order valence-electron chi connectivity index (χ3n) is 3.19. The van der Waals surface area contributed by atoms with Crippen molar-refractivity contribution in [2.24, 2.45) is 0 Å². The molecular weight excluding hydrogens is 306 g/mol. The van der Waals surface area contributed by atoms with Crippen molar-refractivity contribution in [1.29, 1.82) is 0 Å². The molecule has 0 amide bonds. The Morgan fingerprint density at radius 1 is 1.26 bits per heavy atom. The van der Waals surface area contributed by atoms with Crippen LogP contribution >= 0.6 is 0 Å². The molecule has 0 bridgehead atoms. The minimum atomic E-state index is -2.91. The Labute approximate surface area is 132 Å². The van der Waals surface area contributed by atoms with E-state index in [1.54, 1.807) is 18.2 Å². The average Bonchev–Trinajstić information content (AvgIpc) is 2.50. The number of rotatable bonds is 7. The third kappa shape index (κ3) is 5.15. The van der Waals surface area contributed by atoms with Gasteiger partial charge < -0.3 is 20.3 Å². The molecule has 124 valence electrons. The number of aliphatic hydroxyl groups excluding tert-OH is 1. The van der Waals surface area contributed by atoms with Gasteiger partial charge in [-0.2, -0.15) is 8.78 Å². The molecule has 0 aliphatic heterocycles. The van der Waals surface area contributed by atoms with Crippen LogP contribution in [0.15, 0.2) is 36.4 Å². The molecule has 2 rings (SSSR count). The number of alkyl halides is 2. The van der Waals surface area contributed by atoms with Gasteiger partial charge in [-0.15, -0.1) is 0 Å². The number of nitrogens with one attached hydrogen (secondary N) is 1. The first kappa shape index (κ1) is 17.1. The quantitative estimate of drug-likeness (QED) is 0.730. The number of aromatic nitrogens is 1. The molecule has 0 fully saturated rings. The maximum absolute atomic E-state index is 12.2. The zero-order chi connectivity index (χ0) is 16.8. The van der Waals surface area contributed by atoms with Crippen LogP contribution in [0, 0.1) is 6.92 Å². The normalized spacial score (nSPS) is 12.4. The van der Waals surface area contributed by atoms with Crippen LogP contribution in [0.25, 0.3) is 0 Å². The molecule has 1 aromatic carbocycles. The molecule has 1 aromatic heterocycles. The molecule has 7 heteroatoms. The van der Waals surface area contributed by atoms with Crippen molar-refractivity contribution in [3.8, 4) is 11.5 Å². The molecule has 1 heterocycles. The topological polar surface area (TPSA) is 74.6 Å². The maximum Gasteiger partial charge on any atom is 0.387 e. The number of aromatic hydroxyl groups is 1. The first-order valence-electron chi connectivity index (χ1n) is 7.04. The predicted octanol–water partition coefficient (Wildman–Crippen LogP) is 2.52. The van der Waals surface area contributed by atoms with Gasteiger partial charge in [0.15, 0.2) is 0 Å². The fraction of sp³-hybridized carbons (Fsp3) is 0.312. The number of hydrogen-bond acceptors (Lipinski definition) is 5. The van der Waals surface area contributed by atoms with Gasteiger partial charge in [0.25, 0.3) is 0 Å². The molecule has 0 aliphatic carbocycles. The zero-order valence-electron chi connectivity index (χ0n) is 12.5. The average molecular weight is 324 g/mol. The largest absolute Gasteiger partial charge is 0.506 e. The van der Waals surface area contributed by atoms with E-state index in [2.05, 4.69) is 15.0 Å². The van der Waals surface area contributed by atoms with Gasteiger partial charge in [0.05, 0.1) is 11.8 Å². The molecule has 0 radical (unpaired) electrons. The van der Waals surface area contributed by atoms with Crippen molar-refractivity contribution >= 4 is 0 Å². The van der Waals surface area contributed by atoms with E-state index in [0.717, 1.165) is 5.69 Å². The van der Waals surface area contributed by atoms with E-state index in [-0.39, 0.29) is 24.6 Å². The van der Waals surface area contributed by atoms with Crippen LogP contribution in [0.1, 0.15) is 23.1 Å². The standard InChI is InChI=1S/C16H18F2N2O3/c1-10-5-6-14(21)13(20-10)8-19-9-15(22)11-3-2-4-12(7-11)23-16(17)18/h2-7,15-16,19,21-22H,8-9H2,1H3. The van der Waals surface area contributed by atoms with Gasteiger partial charge in [0, 0.05) is 18.8 Å². The predicted molar refractivity (Wildman–Crippen MR) is 80.4 cm³/mol. The van der Waals surface area contributed by atoms with Gasteiger partial charge in [-0.3, -0.25) is 4.98 Å². The van der Waals surface area contributed by atoms with Crippen LogP contribution in [-0.4, -0.2) is 28.4 Å². The summed E-state index contributed by atoms with van der Waals surface area (Å²) >= 11 is 0. The number of pyridine rings is 1. The summed E-state index contributed by atoms with van der Waals surface area (Å²) in [6, 6.07) is 9.16. The first-order valence-corrected chi connectivity index (χ1v) is 7.04. The summed E-state index contributed by atoms with van der Waals surface area (Å²) in [6.07, 6.45) is -0.900. The Morgan fingerprint density at radius 3 is 2.78 bits per heavy atom. The van der Waals surface area contributed by atoms with E-state index in [1.165, 1.54) is 18.2 Å². The molecule has 0 saturated carbocycles. The Balaban J connectivity index is 1.92. The van der Waals surface area contributed by atoms with Crippen molar-refractivity contribution in [2.75, 3.05) is 6.54 Å². The Kier molecular flexibility index (Phi) is 5.84. The van der Waals surface area contributed by atoms with E-state index in [9.17, 15) is 19.0 Å². The van der Waals surface area contributed by atoms with Crippen LogP contribution < -0.4 is 10.1 Å². The van der Waals surface area contributed by atoms with Crippen LogP contribution in [0.2, 0.25) is 0 Å². The van der Waals surface area contributed by atoms with E-state index in [4.69, 9.17) is 0 Å². The molecule has 3 N–H and O–H groups in total. The number of hydrogen-bond donors (Lipinski definition) is 3. The Bertz CT molecular complexity index is 653. The fourth-order valence-electron chi connectivity index (χ4n) is 2.08. The number of benzene rings is 1. The summed E-state index contributed by atoms with van der Waals surface area (Å²) in [5, 5.41) is 22.7. The van der Waals surface area contributed by atoms with Gasteiger partial charge >= 0.3 is 6.61 Å². The summed E-state index contributed by atoms with van der Waals surface area (Å²) in [4.78, 5) is 4.19. The summed E-state index contributed by atoms with van der Waals surface area (Å²) < 4.78 is 28.7. The molecule has 1 atom stereocenters. The minimum absolute atomic E-state index is 0.00505. The van der Waals surface area contributed by atoms with E-state index >= 15 is 0 Å². The van der Waals surface area contributed by atoms with Crippen LogP contribution in [0.3, 0.4) is 0 Å². The number of nitrogens with zero attached hydrogens (tertiary/aromatic N) is 1. The Morgan fingerprint density at radius 2 is 2.04 bits per heavy atom. The monoisotopic (exact) mass is 324 g/mol. The van der Waals surface area contributed by atoms with Crippen molar-refractivity contribution in [3.63, 3.8) is 0 Å². The lowest BCUT2D eigenvalue weighted by Crippen LogP contribution is -2.21. The molecule has 2 aromatic rings. The van der Waals surface area contributed by atoms with Crippen LogP contribution in [-0.2, 0) is 6.54 Å². The number of aryl methyl sites for hydroxylation is 1. The van der Waals surface area contributed by atoms with Crippen molar-refractivity contribution in [1.82, 2.24) is 10.3 Å². The lowest BCUT2D eigenvalue weighted by molar-refractivity contribution is -0.0499. The molecule has 0 aliphatic rings. The summed E-state index contributed by atoms with van der Waals surface area (Å²) in [6.45, 7) is -0.645. The van der Waals surface area contributed by atoms with Gasteiger partial charge in [0.2, 0.25) is 0 Å². The number of ether oxygens (including phenoxy) is 1. The summed E-state index contributed by atoms with van der Waals surface area (Å²) in [5.41, 5.74) is 1.71. The van der Waals surface area contributed by atoms with E-state index < -0.39 is 12.7 Å². The molecule has 1 unspecified atom stereocenters. The second kappa shape index (κ2) is 7.85. The molecule has 5 nitrogen and oxygen atoms in total. The highest BCUT2D eigenvalue weighted by molar-refractivity contribution is 5.30. The third-order valence-corrected chi connectivity index (χ3v) is 3.19. The zero-order valence-corrected chi connectivity index (χ0v) is 12.5. The second-order valence-corrected chi connectivity index (χ2v) is 5.02. The van der Waals surface area contributed by atoms with Gasteiger partial charge in [0.1, 0.15) is 11.5 Å². The fourth-order valence-corrected chi connectivity index (χ4v) is 2.08. The number of aliphatic hydroxyl groups is 1. The van der Waals surface area contributed by atoms with E-state index in [0.29, 0.717) is 11.3 Å². The SMILES string of the molecule is Cc1ccc(O)c(CNCC(O)c2cccc(OC(F)F)c2)n1. The first-order chi connectivity index (χ1) is 11.0. The summed E-state index contributed by atoms with van der Waals surface area (Å²) in [5.74, 6) is 0.0689. The highest BCUT2D eigenvalue weighted by Gasteiger charge is 2.11. The van der Waals surface area contributed by atoms with Gasteiger partial charge in [-0.1, -0.05) is 12.1 Å². The van der Waals surface area contributed by atoms with Crippen LogP contribution in [0.4, 0.5) is 8.78 Å². The van der Waals surface area contributed by atoms with Crippen molar-refractivity contribution in [3.05, 3.63) is 53.3 Å². The van der Waals surface area contributed by atoms with Crippen LogP contribution in [0.5, 0.6) is 11.5 Å². The summed E-state index contributed by atoms with van der Waals surface area (Å²) in [7, 11) is 0. The lowest BCUT2D eigenvalue weighted by Gasteiger charge is -2.14. The molecule has 0 saturated heterocycles. The molecule has 0 spiro atoms. The Hall–Kier alpha value is -2.25. The highest BCUT2D eigenvalue weighted by Crippen LogP contribution is 2.21.